The lowest BCUT2D eigenvalue weighted by Gasteiger charge is -2.23. The highest BCUT2D eigenvalue weighted by atomic mass is 16.3. The van der Waals surface area contributed by atoms with Crippen LogP contribution in [-0.4, -0.2) is 92.0 Å². The summed E-state index contributed by atoms with van der Waals surface area (Å²) in [6, 6.07) is -1.12. The Kier molecular flexibility index (Phi) is 65.3. The lowest BCUT2D eigenvalue weighted by atomic mass is 10.0. The third kappa shape index (κ3) is 69.3. The van der Waals surface area contributed by atoms with Gasteiger partial charge in [0.2, 0.25) is 5.91 Å². The van der Waals surface area contributed by atoms with Crippen molar-refractivity contribution in [3.63, 3.8) is 0 Å². The molecule has 0 fully saturated rings. The van der Waals surface area contributed by atoms with Gasteiger partial charge in [0.1, 0.15) is 5.78 Å². The van der Waals surface area contributed by atoms with Crippen LogP contribution in [0.3, 0.4) is 0 Å². The molecule has 10 nitrogen and oxygen atoms in total. The predicted octanol–water partition coefficient (Wildman–Crippen LogP) is 17.4. The molecule has 10 heteroatoms. The molecule has 0 aliphatic rings. The fraction of sp³-hybridized carbons (Fsp3) is 0.971. The van der Waals surface area contributed by atoms with Crippen LogP contribution in [0.4, 0.5) is 0 Å². The van der Waals surface area contributed by atoms with E-state index in [2.05, 4.69) is 60.7 Å². The summed E-state index contributed by atoms with van der Waals surface area (Å²) in [5.74, 6) is 3.15. The number of hydrogen-bond acceptors (Lipinski definition) is 9. The van der Waals surface area contributed by atoms with Crippen LogP contribution in [0.2, 0.25) is 0 Å². The summed E-state index contributed by atoms with van der Waals surface area (Å²) in [5.41, 5.74) is 5.56. The lowest BCUT2D eigenvalue weighted by molar-refractivity contribution is -0.125. The van der Waals surface area contributed by atoms with Crippen molar-refractivity contribution in [2.75, 3.05) is 13.2 Å². The Morgan fingerprint density at radius 1 is 0.329 bits per heavy atom. The smallest absolute Gasteiger partial charge is 0.222 e. The summed E-state index contributed by atoms with van der Waals surface area (Å²) >= 11 is 0. The summed E-state index contributed by atoms with van der Waals surface area (Å²) < 4.78 is 0. The molecule has 0 aromatic carbocycles. The van der Waals surface area contributed by atoms with Crippen molar-refractivity contribution >= 4 is 11.7 Å². The van der Waals surface area contributed by atoms with Gasteiger partial charge in [-0.1, -0.05) is 312 Å². The van der Waals surface area contributed by atoms with Crippen LogP contribution < -0.4 is 11.1 Å². The second-order valence-electron chi connectivity index (χ2n) is 26.4. The third-order valence-electron chi connectivity index (χ3n) is 15.9. The summed E-state index contributed by atoms with van der Waals surface area (Å²) in [6.45, 7) is 19.5. The number of carbonyl (C=O) groups excluding carboxylic acids is 2. The first-order valence-electron chi connectivity index (χ1n) is 34.3. The van der Waals surface area contributed by atoms with E-state index in [4.69, 9.17) is 10.8 Å². The van der Waals surface area contributed by atoms with Gasteiger partial charge in [-0.15, -0.1) is 0 Å². The fourth-order valence-electron chi connectivity index (χ4n) is 10.4. The summed E-state index contributed by atoms with van der Waals surface area (Å²) in [4.78, 5) is 23.1. The van der Waals surface area contributed by atoms with Crippen LogP contribution in [-0.2, 0) is 9.59 Å². The van der Waals surface area contributed by atoms with Crippen LogP contribution in [0.1, 0.15) is 358 Å². The van der Waals surface area contributed by atoms with Crippen molar-refractivity contribution < 1.29 is 40.2 Å². The minimum absolute atomic E-state index is 0.0388. The van der Waals surface area contributed by atoms with Crippen molar-refractivity contribution in [1.29, 1.82) is 0 Å². The molecule has 79 heavy (non-hydrogen) atoms. The number of unbranched alkanes of at least 4 members (excludes halogenated alkanes) is 32. The highest BCUT2D eigenvalue weighted by Crippen LogP contribution is 2.19. The Hall–Kier alpha value is -1.14. The van der Waals surface area contributed by atoms with Gasteiger partial charge in [0.05, 0.1) is 56.1 Å². The van der Waals surface area contributed by atoms with Crippen LogP contribution >= 0.6 is 0 Å². The van der Waals surface area contributed by atoms with Crippen molar-refractivity contribution in [1.82, 2.24) is 5.32 Å². The molecule has 0 bridgehead atoms. The van der Waals surface area contributed by atoms with E-state index in [1.807, 2.05) is 0 Å². The molecule has 0 rings (SSSR count). The molecule has 0 aliphatic heterocycles. The van der Waals surface area contributed by atoms with E-state index in [-0.39, 0.29) is 31.3 Å². The van der Waals surface area contributed by atoms with Gasteiger partial charge < -0.3 is 41.7 Å². The molecule has 1 amide bonds. The maximum Gasteiger partial charge on any atom is 0.222 e. The zero-order valence-corrected chi connectivity index (χ0v) is 54.3. The quantitative estimate of drug-likeness (QED) is 0.0274. The maximum atomic E-state index is 12.3. The first kappa shape index (κ1) is 82.1. The summed E-state index contributed by atoms with van der Waals surface area (Å²) in [5, 5.41) is 61.1. The first-order valence-corrected chi connectivity index (χ1v) is 34.3. The van der Waals surface area contributed by atoms with Crippen molar-refractivity contribution in [2.24, 2.45) is 29.4 Å². The summed E-state index contributed by atoms with van der Waals surface area (Å²) in [7, 11) is 0. The van der Waals surface area contributed by atoms with E-state index < -0.39 is 36.5 Å². The van der Waals surface area contributed by atoms with Gasteiger partial charge in [-0.25, -0.2) is 0 Å². The lowest BCUT2D eigenvalue weighted by Crippen LogP contribution is -2.46. The largest absolute Gasteiger partial charge is 0.395 e. The number of carbonyl (C=O) groups is 2. The average Bonchev–Trinajstić information content (AvgIpc) is 3.38. The van der Waals surface area contributed by atoms with Crippen molar-refractivity contribution in [2.45, 2.75) is 394 Å². The molecule has 0 saturated heterocycles. The molecule has 0 aliphatic carbocycles. The van der Waals surface area contributed by atoms with E-state index in [0.29, 0.717) is 19.3 Å². The van der Waals surface area contributed by atoms with Gasteiger partial charge in [0, 0.05) is 6.42 Å². The number of amides is 1. The number of ketones is 1. The molecule has 476 valence electrons. The average molecular weight is 1130 g/mol. The van der Waals surface area contributed by atoms with Gasteiger partial charge in [-0.3, -0.25) is 9.59 Å². The second kappa shape index (κ2) is 62.9. The van der Waals surface area contributed by atoms with E-state index in [1.165, 1.54) is 218 Å². The number of rotatable bonds is 57. The Morgan fingerprint density at radius 3 is 0.797 bits per heavy atom. The van der Waals surface area contributed by atoms with E-state index in [0.717, 1.165) is 75.0 Å². The van der Waals surface area contributed by atoms with Gasteiger partial charge in [-0.05, 0) is 56.3 Å². The third-order valence-corrected chi connectivity index (χ3v) is 15.9. The van der Waals surface area contributed by atoms with Gasteiger partial charge >= 0.3 is 0 Å². The zero-order valence-electron chi connectivity index (χ0n) is 54.3. The van der Waals surface area contributed by atoms with Gasteiger partial charge in [-0.2, -0.15) is 0 Å². The Balaban J connectivity index is -0.00000121. The zero-order chi connectivity index (χ0) is 59.6. The van der Waals surface area contributed by atoms with Crippen LogP contribution in [0.15, 0.2) is 0 Å². The fourth-order valence-corrected chi connectivity index (χ4v) is 10.4. The molecule has 0 spiro atoms. The minimum atomic E-state index is -0.743. The Morgan fingerprint density at radius 2 is 0.557 bits per heavy atom. The number of nitrogens with two attached hydrogens (primary N) is 1. The number of nitrogens with one attached hydrogen (secondary N) is 1. The topological polar surface area (TPSA) is 194 Å². The van der Waals surface area contributed by atoms with Gasteiger partial charge in [0.15, 0.2) is 0 Å². The SMILES string of the molecule is CC(=O)C[C@H](O)CCCCCCCCCCCC(C)C.CC(C)CCCCCCCCCCC[C@@H](O)CC(=O)N[C@@H](CO)[C@H](O)CCCCCCCCCCCC(C)C.CC(C)CCCCCCCCCCC[C@@H](O)[C@@H](N)CO. The normalized spacial score (nSPS) is 14.0. The van der Waals surface area contributed by atoms with E-state index in [9.17, 15) is 35.1 Å². The number of aliphatic hydroxyl groups is 6. The Bertz CT molecular complexity index is 1220. The van der Waals surface area contributed by atoms with E-state index in [1.54, 1.807) is 6.92 Å². The number of Topliss-reactive ketones (excluding diaryl/α,β-unsaturated/α-hetero) is 1. The second-order valence-corrected chi connectivity index (χ2v) is 26.4. The molecule has 0 aromatic rings. The molecular formula is C69H142N2O8. The first-order chi connectivity index (χ1) is 37.9. The standard InChI is InChI=1S/C34H69NO4.C18H36O2.C17H37NO2/c1-29(2)23-19-15-11-7-5-9-13-17-21-25-31(37)27-34(39)35-32(28-36)33(38)26-22-18-14-10-6-8-12-16-20-24-30(3)4;1-16(2)13-11-9-7-5-4-6-8-10-12-14-18(20)15-17(3)19;1-15(2)12-10-8-6-4-3-5-7-9-11-13-17(20)16(18)14-19/h29-33,36-38H,5-28H2,1-4H3,(H,35,39);16,18,20H,4-15H2,1-3H3;15-17,19-20H,3-14,18H2,1-2H3/t31-,32+,33-;18-;16-,17+/m110/s1. The molecule has 0 aromatic heterocycles. The van der Waals surface area contributed by atoms with Crippen LogP contribution in [0.5, 0.6) is 0 Å². The van der Waals surface area contributed by atoms with Crippen LogP contribution in [0.25, 0.3) is 0 Å². The molecule has 0 heterocycles. The van der Waals surface area contributed by atoms with E-state index >= 15 is 0 Å². The molecule has 9 N–H and O–H groups in total. The molecule has 0 radical (unpaired) electrons. The molecule has 6 atom stereocenters. The summed E-state index contributed by atoms with van der Waals surface area (Å²) in [6.07, 6.45) is 51.9. The monoisotopic (exact) mass is 1130 g/mol. The van der Waals surface area contributed by atoms with Crippen molar-refractivity contribution in [3.8, 4) is 0 Å². The predicted molar refractivity (Wildman–Crippen MR) is 341 cm³/mol. The molecule has 0 saturated carbocycles. The highest BCUT2D eigenvalue weighted by molar-refractivity contribution is 5.76. The highest BCUT2D eigenvalue weighted by Gasteiger charge is 2.22. The van der Waals surface area contributed by atoms with Gasteiger partial charge in [0.25, 0.3) is 0 Å². The van der Waals surface area contributed by atoms with Crippen molar-refractivity contribution in [3.05, 3.63) is 0 Å². The Labute approximate surface area is 492 Å². The maximum absolute atomic E-state index is 12.3. The molecular weight excluding hydrogens is 985 g/mol. The van der Waals surface area contributed by atoms with Crippen LogP contribution in [0, 0.1) is 23.7 Å². The minimum Gasteiger partial charge on any atom is -0.395 e. The number of aliphatic hydroxyl groups excluding tert-OH is 6. The number of hydrogen-bond donors (Lipinski definition) is 8. The molecule has 0 unspecified atom stereocenters.